The normalized spacial score (nSPS) is 16.8. The lowest BCUT2D eigenvalue weighted by atomic mass is 9.63. The van der Waals surface area contributed by atoms with Gasteiger partial charge in [-0.1, -0.05) is 256 Å². The highest BCUT2D eigenvalue weighted by Crippen LogP contribution is 2.51. The van der Waals surface area contributed by atoms with Crippen molar-refractivity contribution >= 4 is 0 Å². The summed E-state index contributed by atoms with van der Waals surface area (Å²) in [5.74, 6) is -2.03. The third-order valence-corrected chi connectivity index (χ3v) is 19.2. The molecule has 3 unspecified atom stereocenters. The Balaban J connectivity index is -0.000000149. The summed E-state index contributed by atoms with van der Waals surface area (Å²) in [6, 6.07) is 0. The first-order valence-electron chi connectivity index (χ1n) is 27.9. The highest BCUT2D eigenvalue weighted by Gasteiger charge is 2.55. The summed E-state index contributed by atoms with van der Waals surface area (Å²) in [5, 5.41) is 0. The molecule has 476 valence electrons. The summed E-state index contributed by atoms with van der Waals surface area (Å²) in [7, 11) is 0. The van der Waals surface area contributed by atoms with E-state index >= 15 is 0 Å². The van der Waals surface area contributed by atoms with Gasteiger partial charge in [-0.2, -0.15) is 65.9 Å². The van der Waals surface area contributed by atoms with Crippen molar-refractivity contribution in [1.82, 2.24) is 0 Å². The molecule has 0 saturated carbocycles. The van der Waals surface area contributed by atoms with E-state index in [0.717, 1.165) is 17.8 Å². The van der Waals surface area contributed by atoms with E-state index in [-0.39, 0.29) is 35.0 Å². The molecule has 0 radical (unpaired) electrons. The van der Waals surface area contributed by atoms with Crippen LogP contribution in [0.2, 0.25) is 0 Å². The van der Waals surface area contributed by atoms with Gasteiger partial charge in [-0.25, -0.2) is 0 Å². The quantitative estimate of drug-likeness (QED) is 0.202. The van der Waals surface area contributed by atoms with Gasteiger partial charge in [0.2, 0.25) is 0 Å². The molecule has 0 N–H and O–H groups in total. The molecule has 0 aromatic carbocycles. The van der Waals surface area contributed by atoms with Crippen LogP contribution in [0.3, 0.4) is 0 Å². The smallest absolute Gasteiger partial charge is 0.171 e. The largest absolute Gasteiger partial charge is 0.394 e. The second kappa shape index (κ2) is 32.1. The molecule has 0 rings (SSSR count). The van der Waals surface area contributed by atoms with E-state index in [1.54, 1.807) is 55.4 Å². The fraction of sp³-hybridized carbons (Fsp3) is 1.00. The van der Waals surface area contributed by atoms with Gasteiger partial charge in [0.15, 0.2) is 0 Å². The summed E-state index contributed by atoms with van der Waals surface area (Å²) in [6.07, 6.45) is -20.4. The zero-order valence-electron chi connectivity index (χ0n) is 56.1. The van der Waals surface area contributed by atoms with Crippen LogP contribution in [-0.2, 0) is 0 Å². The van der Waals surface area contributed by atoms with E-state index in [2.05, 4.69) is 90.0 Å². The maximum absolute atomic E-state index is 12.6. The van der Waals surface area contributed by atoms with Gasteiger partial charge in [-0.05, 0) is 85.8 Å². The third kappa shape index (κ3) is 33.6. The molecule has 0 aliphatic rings. The molecule has 15 heteroatoms. The maximum Gasteiger partial charge on any atom is 0.394 e. The highest BCUT2D eigenvalue weighted by atomic mass is 19.4. The average molecular weight is 1150 g/mol. The van der Waals surface area contributed by atoms with Crippen LogP contribution in [0.1, 0.15) is 256 Å². The van der Waals surface area contributed by atoms with Gasteiger partial charge < -0.3 is 0 Å². The van der Waals surface area contributed by atoms with Gasteiger partial charge in [0, 0.05) is 0 Å². The molecule has 0 bridgehead atoms. The van der Waals surface area contributed by atoms with E-state index < -0.39 is 76.2 Å². The lowest BCUT2D eigenvalue weighted by molar-refractivity contribution is -0.243. The second-order valence-electron chi connectivity index (χ2n) is 30.3. The van der Waals surface area contributed by atoms with Crippen LogP contribution in [-0.4, -0.2) is 30.9 Å². The minimum absolute atomic E-state index is 0.0362. The van der Waals surface area contributed by atoms with E-state index in [4.69, 9.17) is 0 Å². The van der Waals surface area contributed by atoms with Crippen molar-refractivity contribution in [2.45, 2.75) is 287 Å². The second-order valence-corrected chi connectivity index (χ2v) is 30.3. The van der Waals surface area contributed by atoms with E-state index in [0.29, 0.717) is 16.2 Å². The van der Waals surface area contributed by atoms with E-state index in [1.165, 1.54) is 48.5 Å². The standard InChI is InChI=1S/C10H19F3.C10H22.C9H17F3.C9H20.3C8H15F3/c1-7(8(2,3)4)9(5,6)10(11,12)13;1-8(2)10(6,7)9(3,4)5;1-6(2)8(4,5)7(3)9(10,11)12;1-7(2)8(3)9(4,5)6;1-6(2,3)7(4,5)8(9,10)11;2*1-5(2)6(3)7(4)8(9,10)11/h7H,1-6H3;8H,1-7H3;6-7H,1-5H3;7-8H,1-6H3;1-5H3;2*5-7H,1-4H3/t7-;;;8-;;2*6-,7?/m1..1.11/s1. The summed E-state index contributed by atoms with van der Waals surface area (Å²) in [6.45, 7) is 68.2. The Hall–Kier alpha value is -1.05. The minimum atomic E-state index is -4.13. The lowest BCUT2D eigenvalue weighted by Crippen LogP contribution is -2.43. The van der Waals surface area contributed by atoms with Gasteiger partial charge in [0.1, 0.15) is 0 Å². The minimum Gasteiger partial charge on any atom is -0.171 e. The van der Waals surface area contributed by atoms with E-state index in [9.17, 15) is 65.9 Å². The molecule has 7 atom stereocenters. The Morgan fingerprint density at radius 2 is 0.519 bits per heavy atom. The van der Waals surface area contributed by atoms with Crippen LogP contribution in [0, 0.1) is 114 Å². The topological polar surface area (TPSA) is 0 Å². The van der Waals surface area contributed by atoms with Gasteiger partial charge in [-0.3, -0.25) is 0 Å². The first kappa shape index (κ1) is 89.7. The Kier molecular flexibility index (Phi) is 37.4. The Morgan fingerprint density at radius 1 is 0.247 bits per heavy atom. The third-order valence-electron chi connectivity index (χ3n) is 19.2. The number of hydrogen-bond acceptors (Lipinski definition) is 0. The number of halogens is 15. The monoisotopic (exact) mass is 1150 g/mol. The number of rotatable bonds is 9. The Bertz CT molecular complexity index is 1460. The lowest BCUT2D eigenvalue weighted by Gasteiger charge is -2.42. The van der Waals surface area contributed by atoms with Crippen molar-refractivity contribution in [3.8, 4) is 0 Å². The molecule has 77 heavy (non-hydrogen) atoms. The van der Waals surface area contributed by atoms with Crippen LogP contribution >= 0.6 is 0 Å². The molecule has 0 nitrogen and oxygen atoms in total. The number of hydrogen-bond donors (Lipinski definition) is 0. The Labute approximate surface area is 466 Å². The molecule has 0 saturated heterocycles. The predicted molar refractivity (Wildman–Crippen MR) is 302 cm³/mol. The maximum atomic E-state index is 12.6. The molecule has 0 amide bonds. The van der Waals surface area contributed by atoms with E-state index in [1.807, 2.05) is 62.3 Å². The summed E-state index contributed by atoms with van der Waals surface area (Å²) >= 11 is 0. The van der Waals surface area contributed by atoms with Crippen LogP contribution in [0.4, 0.5) is 65.9 Å². The highest BCUT2D eigenvalue weighted by molar-refractivity contribution is 4.90. The van der Waals surface area contributed by atoms with Crippen molar-refractivity contribution in [2.24, 2.45) is 114 Å². The summed E-state index contributed by atoms with van der Waals surface area (Å²) in [5.41, 5.74) is -3.66. The molecular weight excluding hydrogens is 1030 g/mol. The van der Waals surface area contributed by atoms with Gasteiger partial charge in [0.25, 0.3) is 0 Å². The molecule has 0 fully saturated rings. The van der Waals surface area contributed by atoms with Gasteiger partial charge in [0.05, 0.1) is 28.6 Å². The van der Waals surface area contributed by atoms with Crippen molar-refractivity contribution in [3.05, 3.63) is 0 Å². The molecular formula is C62H123F15. The fourth-order valence-corrected chi connectivity index (χ4v) is 6.29. The number of alkyl halides is 15. The van der Waals surface area contributed by atoms with Crippen LogP contribution in [0.15, 0.2) is 0 Å². The van der Waals surface area contributed by atoms with Gasteiger partial charge >= 0.3 is 30.9 Å². The SMILES string of the molecule is CC(C)(C)C(C)(C)C(F)(F)F.CC(C)C(C)(C)C(C)(C)C.CC(C)C(C)(C)C(C)C(F)(F)F.CC(C)[C@@H](C)C(C)(C)C.CC(C)[C@@H](C)C(C)C(F)(F)F.CC(C)[C@@H](C)C(C)C(F)(F)F.C[C@H](C(C)(C)C)C(C)(C)C(F)(F)F. The molecule has 0 aliphatic carbocycles. The average Bonchev–Trinajstić information content (AvgIpc) is 3.16. The van der Waals surface area contributed by atoms with Crippen LogP contribution in [0.5, 0.6) is 0 Å². The molecule has 0 aromatic heterocycles. The summed E-state index contributed by atoms with van der Waals surface area (Å²) in [4.78, 5) is 0. The Morgan fingerprint density at radius 3 is 0.558 bits per heavy atom. The zero-order valence-corrected chi connectivity index (χ0v) is 56.1. The van der Waals surface area contributed by atoms with Crippen molar-refractivity contribution in [3.63, 3.8) is 0 Å². The van der Waals surface area contributed by atoms with Gasteiger partial charge in [-0.15, -0.1) is 0 Å². The zero-order chi connectivity index (χ0) is 65.4. The summed E-state index contributed by atoms with van der Waals surface area (Å²) < 4.78 is 184. The molecule has 0 aliphatic heterocycles. The fourth-order valence-electron chi connectivity index (χ4n) is 6.29. The predicted octanol–water partition coefficient (Wildman–Crippen LogP) is 25.7. The molecule has 0 spiro atoms. The van der Waals surface area contributed by atoms with Crippen LogP contribution in [0.25, 0.3) is 0 Å². The van der Waals surface area contributed by atoms with Crippen molar-refractivity contribution in [2.75, 3.05) is 0 Å². The first-order valence-corrected chi connectivity index (χ1v) is 27.9. The molecule has 0 aromatic rings. The van der Waals surface area contributed by atoms with Crippen LogP contribution < -0.4 is 0 Å². The first-order chi connectivity index (χ1) is 32.6. The van der Waals surface area contributed by atoms with Crippen molar-refractivity contribution in [1.29, 1.82) is 0 Å². The van der Waals surface area contributed by atoms with Crippen molar-refractivity contribution < 1.29 is 65.9 Å². The molecule has 0 heterocycles.